The predicted molar refractivity (Wildman–Crippen MR) is 129 cm³/mol. The van der Waals surface area contributed by atoms with Crippen LogP contribution in [0.1, 0.15) is 34.1 Å². The van der Waals surface area contributed by atoms with Crippen LogP contribution >= 0.6 is 0 Å². The molecule has 0 unspecified atom stereocenters. The van der Waals surface area contributed by atoms with Gasteiger partial charge in [0.2, 0.25) is 5.91 Å². The van der Waals surface area contributed by atoms with Crippen molar-refractivity contribution in [2.24, 2.45) is 0 Å². The fraction of sp³-hybridized carbons (Fsp3) is 0.103. The Hall–Kier alpha value is -4.18. The first-order valence-corrected chi connectivity index (χ1v) is 10.9. The molecular weight excluding hydrogens is 410 g/mol. The second-order valence-electron chi connectivity index (χ2n) is 7.88. The van der Waals surface area contributed by atoms with Crippen molar-refractivity contribution in [2.45, 2.75) is 17.9 Å². The Labute approximate surface area is 193 Å². The quantitative estimate of drug-likeness (QED) is 0.399. The third kappa shape index (κ3) is 5.18. The van der Waals surface area contributed by atoms with E-state index >= 15 is 0 Å². The molecule has 4 rings (SSSR count). The topological polar surface area (TPSA) is 66.4 Å². The van der Waals surface area contributed by atoms with Crippen molar-refractivity contribution in [1.82, 2.24) is 5.32 Å². The summed E-state index contributed by atoms with van der Waals surface area (Å²) in [4.78, 5) is 26.2. The summed E-state index contributed by atoms with van der Waals surface area (Å²) in [6.45, 7) is 0. The minimum Gasteiger partial charge on any atom is -0.480 e. The molecule has 0 saturated heterocycles. The van der Waals surface area contributed by atoms with Gasteiger partial charge in [-0.3, -0.25) is 4.79 Å². The van der Waals surface area contributed by atoms with Crippen LogP contribution < -0.4 is 5.32 Å². The van der Waals surface area contributed by atoms with Crippen LogP contribution in [-0.2, 0) is 9.59 Å². The van der Waals surface area contributed by atoms with Crippen molar-refractivity contribution < 1.29 is 14.7 Å². The van der Waals surface area contributed by atoms with Crippen LogP contribution in [0.3, 0.4) is 0 Å². The number of carboxylic acid groups (broad SMARTS) is 1. The molecule has 0 radical (unpaired) electrons. The number of benzene rings is 4. The van der Waals surface area contributed by atoms with Gasteiger partial charge in [0.1, 0.15) is 6.04 Å². The number of carbonyl (C=O) groups is 2. The summed E-state index contributed by atoms with van der Waals surface area (Å²) in [5.74, 6) is -2.60. The Bertz CT molecular complexity index is 1100. The Morgan fingerprint density at radius 1 is 0.545 bits per heavy atom. The number of amides is 1. The molecule has 4 aromatic carbocycles. The number of carbonyl (C=O) groups excluding carboxylic acids is 1. The summed E-state index contributed by atoms with van der Waals surface area (Å²) < 4.78 is 0. The summed E-state index contributed by atoms with van der Waals surface area (Å²) in [5, 5.41) is 13.1. The van der Waals surface area contributed by atoms with Gasteiger partial charge in [0.25, 0.3) is 0 Å². The van der Waals surface area contributed by atoms with Crippen molar-refractivity contribution in [2.75, 3.05) is 0 Å². The molecule has 164 valence electrons. The molecule has 0 saturated carbocycles. The number of hydrogen-bond donors (Lipinski definition) is 2. The molecule has 0 fully saturated rings. The smallest absolute Gasteiger partial charge is 0.327 e. The molecule has 2 N–H and O–H groups in total. The van der Waals surface area contributed by atoms with Crippen molar-refractivity contribution in [3.05, 3.63) is 144 Å². The lowest BCUT2D eigenvalue weighted by molar-refractivity contribution is -0.142. The second-order valence-corrected chi connectivity index (χ2v) is 7.88. The van der Waals surface area contributed by atoms with Crippen LogP contribution in [0, 0.1) is 0 Å². The van der Waals surface area contributed by atoms with E-state index in [1.165, 1.54) is 0 Å². The lowest BCUT2D eigenvalue weighted by Crippen LogP contribution is -2.47. The van der Waals surface area contributed by atoms with Gasteiger partial charge in [0.05, 0.1) is 5.92 Å². The highest BCUT2D eigenvalue weighted by atomic mass is 16.4. The van der Waals surface area contributed by atoms with E-state index in [-0.39, 0.29) is 5.91 Å². The maximum absolute atomic E-state index is 13.7. The van der Waals surface area contributed by atoms with E-state index in [0.29, 0.717) is 0 Å². The van der Waals surface area contributed by atoms with Crippen molar-refractivity contribution in [3.8, 4) is 0 Å². The Balaban J connectivity index is 1.74. The number of hydrogen-bond acceptors (Lipinski definition) is 2. The molecule has 4 aromatic rings. The fourth-order valence-corrected chi connectivity index (χ4v) is 4.21. The zero-order valence-corrected chi connectivity index (χ0v) is 18.0. The minimum atomic E-state index is -1.14. The largest absolute Gasteiger partial charge is 0.480 e. The molecule has 0 heterocycles. The molecule has 4 heteroatoms. The van der Waals surface area contributed by atoms with Crippen LogP contribution in [0.5, 0.6) is 0 Å². The van der Waals surface area contributed by atoms with Crippen LogP contribution in [0.15, 0.2) is 121 Å². The van der Waals surface area contributed by atoms with Gasteiger partial charge in [-0.25, -0.2) is 4.79 Å². The Kier molecular flexibility index (Phi) is 6.96. The van der Waals surface area contributed by atoms with Gasteiger partial charge in [0, 0.05) is 5.92 Å². The monoisotopic (exact) mass is 435 g/mol. The fourth-order valence-electron chi connectivity index (χ4n) is 4.21. The highest BCUT2D eigenvalue weighted by Gasteiger charge is 2.34. The molecule has 4 nitrogen and oxygen atoms in total. The molecule has 1 amide bonds. The summed E-state index contributed by atoms with van der Waals surface area (Å²) in [7, 11) is 0. The van der Waals surface area contributed by atoms with Gasteiger partial charge in [-0.15, -0.1) is 0 Å². The molecule has 0 aliphatic carbocycles. The highest BCUT2D eigenvalue weighted by Crippen LogP contribution is 2.30. The summed E-state index contributed by atoms with van der Waals surface area (Å²) in [6, 6.07) is 36.6. The first kappa shape index (κ1) is 22.0. The number of aliphatic carboxylic acids is 1. The minimum absolute atomic E-state index is 0.350. The first-order chi connectivity index (χ1) is 16.1. The second kappa shape index (κ2) is 10.4. The van der Waals surface area contributed by atoms with Gasteiger partial charge < -0.3 is 10.4 Å². The molecule has 0 aliphatic heterocycles. The molecule has 0 spiro atoms. The van der Waals surface area contributed by atoms with E-state index in [1.807, 2.05) is 121 Å². The highest BCUT2D eigenvalue weighted by molar-refractivity contribution is 5.91. The standard InChI is InChI=1S/C29H25NO3/c31-28(26(23-17-9-3-10-18-23)24-19-11-4-12-20-24)30-27(29(32)33)25(21-13-5-1-6-14-21)22-15-7-2-8-16-22/h1-20,25-27H,(H,30,31)(H,32,33)/t27-/m1/s1. The summed E-state index contributed by atoms with van der Waals surface area (Å²) in [6.07, 6.45) is 0. The van der Waals surface area contributed by atoms with E-state index in [1.54, 1.807) is 0 Å². The van der Waals surface area contributed by atoms with Crippen LogP contribution in [0.4, 0.5) is 0 Å². The van der Waals surface area contributed by atoms with E-state index in [2.05, 4.69) is 5.32 Å². The maximum atomic E-state index is 13.7. The third-order valence-corrected chi connectivity index (χ3v) is 5.74. The lowest BCUT2D eigenvalue weighted by atomic mass is 9.84. The van der Waals surface area contributed by atoms with Gasteiger partial charge in [0.15, 0.2) is 0 Å². The van der Waals surface area contributed by atoms with E-state index in [9.17, 15) is 14.7 Å². The molecule has 1 atom stereocenters. The maximum Gasteiger partial charge on any atom is 0.327 e. The van der Waals surface area contributed by atoms with Crippen LogP contribution in [-0.4, -0.2) is 23.0 Å². The summed E-state index contributed by atoms with van der Waals surface area (Å²) in [5.41, 5.74) is 3.27. The van der Waals surface area contributed by atoms with Gasteiger partial charge in [-0.1, -0.05) is 121 Å². The van der Waals surface area contributed by atoms with E-state index in [4.69, 9.17) is 0 Å². The van der Waals surface area contributed by atoms with Gasteiger partial charge in [-0.05, 0) is 22.3 Å². The number of nitrogens with one attached hydrogen (secondary N) is 1. The summed E-state index contributed by atoms with van der Waals surface area (Å²) >= 11 is 0. The van der Waals surface area contributed by atoms with Crippen molar-refractivity contribution >= 4 is 11.9 Å². The molecule has 0 aromatic heterocycles. The van der Waals surface area contributed by atoms with Crippen molar-refractivity contribution in [1.29, 1.82) is 0 Å². The molecule has 0 bridgehead atoms. The molecule has 0 aliphatic rings. The predicted octanol–water partition coefficient (Wildman–Crippen LogP) is 5.22. The zero-order chi connectivity index (χ0) is 23.0. The van der Waals surface area contributed by atoms with Gasteiger partial charge >= 0.3 is 5.97 Å². The third-order valence-electron chi connectivity index (χ3n) is 5.74. The average molecular weight is 436 g/mol. The number of carboxylic acids is 1. The first-order valence-electron chi connectivity index (χ1n) is 10.9. The normalized spacial score (nSPS) is 11.8. The van der Waals surface area contributed by atoms with Crippen molar-refractivity contribution in [3.63, 3.8) is 0 Å². The van der Waals surface area contributed by atoms with Crippen LogP contribution in [0.2, 0.25) is 0 Å². The molecule has 33 heavy (non-hydrogen) atoms. The van der Waals surface area contributed by atoms with E-state index < -0.39 is 23.8 Å². The average Bonchev–Trinajstić information content (AvgIpc) is 2.86. The molecular formula is C29H25NO3. The SMILES string of the molecule is O=C(N[C@@H](C(=O)O)C(c1ccccc1)c1ccccc1)C(c1ccccc1)c1ccccc1. The number of rotatable bonds is 8. The lowest BCUT2D eigenvalue weighted by Gasteiger charge is -2.28. The van der Waals surface area contributed by atoms with Crippen LogP contribution in [0.25, 0.3) is 0 Å². The van der Waals surface area contributed by atoms with E-state index in [0.717, 1.165) is 22.3 Å². The Morgan fingerprint density at radius 3 is 1.21 bits per heavy atom. The van der Waals surface area contributed by atoms with Gasteiger partial charge in [-0.2, -0.15) is 0 Å². The Morgan fingerprint density at radius 2 is 0.879 bits per heavy atom. The zero-order valence-electron chi connectivity index (χ0n) is 18.0.